The summed E-state index contributed by atoms with van der Waals surface area (Å²) in [7, 11) is 0. The molecule has 5 heteroatoms. The number of amides is 1. The van der Waals surface area contributed by atoms with Gasteiger partial charge >= 0.3 is 0 Å². The second-order valence-electron chi connectivity index (χ2n) is 6.58. The van der Waals surface area contributed by atoms with Gasteiger partial charge in [-0.2, -0.15) is 0 Å². The van der Waals surface area contributed by atoms with Crippen molar-refractivity contribution in [3.63, 3.8) is 0 Å². The first-order valence-electron chi connectivity index (χ1n) is 8.76. The lowest BCUT2D eigenvalue weighted by molar-refractivity contribution is 0.0724. The fourth-order valence-electron chi connectivity index (χ4n) is 3.55. The molecule has 2 saturated heterocycles. The van der Waals surface area contributed by atoms with Gasteiger partial charge in [-0.3, -0.25) is 4.79 Å². The van der Waals surface area contributed by atoms with E-state index in [0.717, 1.165) is 59.9 Å². The fourth-order valence-corrected chi connectivity index (χ4v) is 4.60. The van der Waals surface area contributed by atoms with E-state index in [2.05, 4.69) is 4.90 Å². The van der Waals surface area contributed by atoms with E-state index in [4.69, 9.17) is 4.98 Å². The molecule has 0 N–H and O–H groups in total. The predicted octanol–water partition coefficient (Wildman–Crippen LogP) is 3.91. The van der Waals surface area contributed by atoms with Gasteiger partial charge in [0.2, 0.25) is 0 Å². The van der Waals surface area contributed by atoms with E-state index < -0.39 is 0 Å². The first kappa shape index (κ1) is 14.9. The molecule has 3 heterocycles. The normalized spacial score (nSPS) is 19.3. The summed E-state index contributed by atoms with van der Waals surface area (Å²) in [5, 5.41) is 1.11. The molecule has 0 spiro atoms. The van der Waals surface area contributed by atoms with Gasteiger partial charge in [-0.05, 0) is 56.7 Å². The number of nitrogens with zero attached hydrogens (tertiary/aromatic N) is 3. The topological polar surface area (TPSA) is 36.4 Å². The zero-order valence-electron chi connectivity index (χ0n) is 13.5. The number of hydrogen-bond acceptors (Lipinski definition) is 4. The minimum atomic E-state index is 0.180. The van der Waals surface area contributed by atoms with Gasteiger partial charge in [0.05, 0.1) is 10.2 Å². The van der Waals surface area contributed by atoms with E-state index >= 15 is 0 Å². The molecule has 2 aliphatic rings. The van der Waals surface area contributed by atoms with Crippen LogP contribution in [-0.2, 0) is 0 Å². The number of anilines is 1. The second-order valence-corrected chi connectivity index (χ2v) is 7.59. The molecule has 0 atom stereocenters. The van der Waals surface area contributed by atoms with Crippen LogP contribution in [0.4, 0.5) is 5.13 Å². The van der Waals surface area contributed by atoms with Crippen molar-refractivity contribution >= 4 is 32.6 Å². The summed E-state index contributed by atoms with van der Waals surface area (Å²) in [6.45, 7) is 4.02. The maximum Gasteiger partial charge on any atom is 0.253 e. The van der Waals surface area contributed by atoms with Crippen molar-refractivity contribution in [1.29, 1.82) is 0 Å². The van der Waals surface area contributed by atoms with Gasteiger partial charge in [0, 0.05) is 31.7 Å². The third-order valence-corrected chi connectivity index (χ3v) is 5.97. The van der Waals surface area contributed by atoms with E-state index in [1.165, 1.54) is 25.7 Å². The summed E-state index contributed by atoms with van der Waals surface area (Å²) < 4.78 is 1.13. The van der Waals surface area contributed by atoms with Crippen LogP contribution in [0.25, 0.3) is 10.2 Å². The van der Waals surface area contributed by atoms with Gasteiger partial charge in [0.25, 0.3) is 5.91 Å². The molecule has 2 fully saturated rings. The Balaban J connectivity index is 1.58. The van der Waals surface area contributed by atoms with Crippen LogP contribution >= 0.6 is 11.3 Å². The molecule has 2 aromatic rings. The van der Waals surface area contributed by atoms with Crippen molar-refractivity contribution in [3.05, 3.63) is 23.8 Å². The van der Waals surface area contributed by atoms with E-state index in [-0.39, 0.29) is 5.91 Å². The Kier molecular flexibility index (Phi) is 4.21. The fraction of sp³-hybridized carbons (Fsp3) is 0.556. The first-order valence-corrected chi connectivity index (χ1v) is 9.58. The molecular weight excluding hydrogens is 306 g/mol. The maximum absolute atomic E-state index is 12.7. The molecular formula is C18H23N3OS. The highest BCUT2D eigenvalue weighted by Crippen LogP contribution is 2.31. The first-order chi connectivity index (χ1) is 11.3. The number of likely N-dealkylation sites (tertiary alicyclic amines) is 1. The Morgan fingerprint density at radius 1 is 0.957 bits per heavy atom. The molecule has 122 valence electrons. The highest BCUT2D eigenvalue weighted by atomic mass is 32.1. The van der Waals surface area contributed by atoms with Crippen LogP contribution in [0.2, 0.25) is 0 Å². The smallest absolute Gasteiger partial charge is 0.253 e. The molecule has 1 aromatic carbocycles. The lowest BCUT2D eigenvalue weighted by Gasteiger charge is -2.26. The van der Waals surface area contributed by atoms with E-state index in [1.807, 2.05) is 23.1 Å². The molecule has 0 saturated carbocycles. The Labute approximate surface area is 141 Å². The number of piperidine rings is 2. The minimum absolute atomic E-state index is 0.180. The van der Waals surface area contributed by atoms with Crippen molar-refractivity contribution in [2.75, 3.05) is 31.1 Å². The number of benzene rings is 1. The molecule has 0 radical (unpaired) electrons. The quantitative estimate of drug-likeness (QED) is 0.838. The minimum Gasteiger partial charge on any atom is -0.348 e. The van der Waals surface area contributed by atoms with Crippen molar-refractivity contribution in [2.45, 2.75) is 38.5 Å². The summed E-state index contributed by atoms with van der Waals surface area (Å²) in [4.78, 5) is 21.8. The maximum atomic E-state index is 12.7. The monoisotopic (exact) mass is 329 g/mol. The van der Waals surface area contributed by atoms with Crippen molar-refractivity contribution in [3.8, 4) is 0 Å². The molecule has 0 aliphatic carbocycles. The number of rotatable bonds is 2. The summed E-state index contributed by atoms with van der Waals surface area (Å²) >= 11 is 1.73. The van der Waals surface area contributed by atoms with E-state index in [0.29, 0.717) is 0 Å². The zero-order valence-corrected chi connectivity index (χ0v) is 14.3. The van der Waals surface area contributed by atoms with E-state index in [1.54, 1.807) is 11.3 Å². The van der Waals surface area contributed by atoms with E-state index in [9.17, 15) is 4.79 Å². The third kappa shape index (κ3) is 3.07. The van der Waals surface area contributed by atoms with Crippen LogP contribution in [0.1, 0.15) is 48.9 Å². The molecule has 4 rings (SSSR count). The summed E-state index contributed by atoms with van der Waals surface area (Å²) in [6.07, 6.45) is 7.36. The number of aromatic nitrogens is 1. The number of carbonyl (C=O) groups excluding carboxylic acids is 1. The van der Waals surface area contributed by atoms with Gasteiger partial charge in [-0.25, -0.2) is 4.98 Å². The SMILES string of the molecule is O=C(c1ccc2nc(N3CCCCC3)sc2c1)N1CCCCC1. The molecule has 2 aliphatic heterocycles. The molecule has 23 heavy (non-hydrogen) atoms. The zero-order chi connectivity index (χ0) is 15.6. The standard InChI is InChI=1S/C18H23N3OS/c22-17(20-9-3-1-4-10-20)14-7-8-15-16(13-14)23-18(19-15)21-11-5-2-6-12-21/h7-8,13H,1-6,9-12H2. The summed E-state index contributed by atoms with van der Waals surface area (Å²) in [5.41, 5.74) is 1.83. The Hall–Kier alpha value is -1.62. The number of carbonyl (C=O) groups is 1. The summed E-state index contributed by atoms with van der Waals surface area (Å²) in [5.74, 6) is 0.180. The predicted molar refractivity (Wildman–Crippen MR) is 95.4 cm³/mol. The molecule has 1 amide bonds. The van der Waals surface area contributed by atoms with Crippen LogP contribution in [-0.4, -0.2) is 42.0 Å². The lowest BCUT2D eigenvalue weighted by Crippen LogP contribution is -2.35. The van der Waals surface area contributed by atoms with Gasteiger partial charge in [-0.15, -0.1) is 0 Å². The van der Waals surface area contributed by atoms with Gasteiger partial charge in [0.15, 0.2) is 5.13 Å². The molecule has 4 nitrogen and oxygen atoms in total. The molecule has 0 unspecified atom stereocenters. The number of thiazole rings is 1. The van der Waals surface area contributed by atoms with Crippen LogP contribution in [0, 0.1) is 0 Å². The molecule has 0 bridgehead atoms. The second kappa shape index (κ2) is 6.48. The van der Waals surface area contributed by atoms with Crippen LogP contribution in [0.3, 0.4) is 0 Å². The highest BCUT2D eigenvalue weighted by Gasteiger charge is 2.20. The van der Waals surface area contributed by atoms with Crippen LogP contribution in [0.15, 0.2) is 18.2 Å². The van der Waals surface area contributed by atoms with Crippen molar-refractivity contribution < 1.29 is 4.79 Å². The van der Waals surface area contributed by atoms with Gasteiger partial charge in [-0.1, -0.05) is 11.3 Å². The van der Waals surface area contributed by atoms with Crippen LogP contribution < -0.4 is 4.90 Å². The number of fused-ring (bicyclic) bond motifs is 1. The Morgan fingerprint density at radius 3 is 2.39 bits per heavy atom. The third-order valence-electron chi connectivity index (χ3n) is 4.89. The van der Waals surface area contributed by atoms with Crippen LogP contribution in [0.5, 0.6) is 0 Å². The molecule has 1 aromatic heterocycles. The van der Waals surface area contributed by atoms with Gasteiger partial charge < -0.3 is 9.80 Å². The van der Waals surface area contributed by atoms with Crippen molar-refractivity contribution in [1.82, 2.24) is 9.88 Å². The largest absolute Gasteiger partial charge is 0.348 e. The Bertz CT molecular complexity index is 699. The average molecular weight is 329 g/mol. The lowest BCUT2D eigenvalue weighted by atomic mass is 10.1. The summed E-state index contributed by atoms with van der Waals surface area (Å²) in [6, 6.07) is 5.99. The van der Waals surface area contributed by atoms with Gasteiger partial charge in [0.1, 0.15) is 0 Å². The average Bonchev–Trinajstić information content (AvgIpc) is 3.06. The Morgan fingerprint density at radius 2 is 1.65 bits per heavy atom. The number of hydrogen-bond donors (Lipinski definition) is 0. The highest BCUT2D eigenvalue weighted by molar-refractivity contribution is 7.22. The van der Waals surface area contributed by atoms with Crippen molar-refractivity contribution in [2.24, 2.45) is 0 Å².